The molecule has 4 heteroatoms. The second-order valence-corrected chi connectivity index (χ2v) is 26.0. The average molecular weight is 1190 g/mol. The molecule has 0 spiro atoms. The van der Waals surface area contributed by atoms with Gasteiger partial charge in [-0.1, -0.05) is 261 Å². The summed E-state index contributed by atoms with van der Waals surface area (Å²) in [4.78, 5) is 13.6. The molecule has 3 heterocycles. The summed E-state index contributed by atoms with van der Waals surface area (Å²) in [6, 6.07) is 96.4. The van der Waals surface area contributed by atoms with E-state index in [9.17, 15) is 0 Å². The fourth-order valence-corrected chi connectivity index (χ4v) is 16.4. The predicted octanol–water partition coefficient (Wildman–Crippen LogP) is 23.1. The Balaban J connectivity index is 0.698. The van der Waals surface area contributed by atoms with E-state index in [4.69, 9.17) is 9.97 Å². The summed E-state index contributed by atoms with van der Waals surface area (Å²) in [5.41, 5.74) is 20.8. The Morgan fingerprint density at radius 1 is 0.441 bits per heavy atom. The SMILES string of the molecule is CC12C=C(c3ccc4c5ccccc5c5cc(C6C=CC=C(c7cccc(-c8ccc9c(c8)c8c(c%10ccccc%109)CCC=C8)c7)C6)ccc5c4c3)C=CC1c1ccc3c4ccccc4n(-c4nc(-c5ccccc5)cc(-c5ccccc5)n4)c3c1N2c1ccccc1. The van der Waals surface area contributed by atoms with Crippen LogP contribution in [-0.4, -0.2) is 20.1 Å². The highest BCUT2D eigenvalue weighted by Crippen LogP contribution is 2.59. The highest BCUT2D eigenvalue weighted by molar-refractivity contribution is 6.26. The van der Waals surface area contributed by atoms with Crippen LogP contribution in [0, 0.1) is 0 Å². The topological polar surface area (TPSA) is 34.0 Å². The van der Waals surface area contributed by atoms with Crippen LogP contribution in [0.2, 0.25) is 0 Å². The van der Waals surface area contributed by atoms with Gasteiger partial charge in [-0.25, -0.2) is 9.97 Å². The standard InChI is InChI=1S/C89H62N4/c1-89-55-65(42-48-82(89)78-47-46-77-76-37-17-18-38-85(76)92(86(77)87(78)93(89)66-29-9-4-10-30-66)88-90-83(56-21-5-2-6-22-56)54-84(91-88)57-23-7-3-8-24-57)64-41-44-74-70-34-14-16-36-72(70)80-52-63(40-45-75(80)81(74)53-64)61-28-20-26-59(50-61)58-25-19-27-60(49-58)62-39-43-73-69-33-12-11-31-67(69)68-32-13-15-35-71(68)79(73)51-62/h2-12,14-31,33-49,51-55,61,82H,13,32,50H2,1H3. The van der Waals surface area contributed by atoms with E-state index in [1.54, 1.807) is 0 Å². The Bertz CT molecular complexity index is 5750. The van der Waals surface area contributed by atoms with Crippen molar-refractivity contribution in [1.82, 2.24) is 14.5 Å². The number of nitrogens with zero attached hydrogens (tertiary/aromatic N) is 4. The van der Waals surface area contributed by atoms with Crippen LogP contribution in [0.4, 0.5) is 11.4 Å². The first-order valence-corrected chi connectivity index (χ1v) is 32.8. The molecule has 0 bridgehead atoms. The molecule has 0 saturated heterocycles. The summed E-state index contributed by atoms with van der Waals surface area (Å²) >= 11 is 0. The van der Waals surface area contributed by atoms with Crippen LogP contribution < -0.4 is 4.90 Å². The van der Waals surface area contributed by atoms with Gasteiger partial charge in [0.15, 0.2) is 0 Å². The molecule has 4 nitrogen and oxygen atoms in total. The van der Waals surface area contributed by atoms with Gasteiger partial charge < -0.3 is 4.90 Å². The lowest BCUT2D eigenvalue weighted by Gasteiger charge is -2.40. The molecular formula is C89H62N4. The van der Waals surface area contributed by atoms with Gasteiger partial charge in [0.25, 0.3) is 0 Å². The number of allylic oxidation sites excluding steroid dienone is 7. The molecule has 3 aliphatic carbocycles. The lowest BCUT2D eigenvalue weighted by Crippen LogP contribution is -2.42. The third kappa shape index (κ3) is 8.45. The third-order valence-corrected chi connectivity index (χ3v) is 20.8. The van der Waals surface area contributed by atoms with Crippen molar-refractivity contribution in [3.8, 4) is 39.6 Å². The maximum absolute atomic E-state index is 5.50. The fraction of sp³-hybridized carbons (Fsp3) is 0.0787. The second kappa shape index (κ2) is 21.1. The van der Waals surface area contributed by atoms with Crippen molar-refractivity contribution in [3.63, 3.8) is 0 Å². The van der Waals surface area contributed by atoms with Crippen LogP contribution in [0.5, 0.6) is 0 Å². The summed E-state index contributed by atoms with van der Waals surface area (Å²) in [7, 11) is 0. The van der Waals surface area contributed by atoms with Crippen LogP contribution >= 0.6 is 0 Å². The number of anilines is 2. The lowest BCUT2D eigenvalue weighted by atomic mass is 9.77. The molecule has 3 atom stereocenters. The highest BCUT2D eigenvalue weighted by Gasteiger charge is 2.49. The van der Waals surface area contributed by atoms with Gasteiger partial charge in [-0.3, -0.25) is 4.57 Å². The van der Waals surface area contributed by atoms with Crippen LogP contribution in [0.3, 0.4) is 0 Å². The smallest absolute Gasteiger partial charge is 0.235 e. The molecule has 0 radical (unpaired) electrons. The van der Waals surface area contributed by atoms with E-state index in [1.807, 2.05) is 0 Å². The largest absolute Gasteiger partial charge is 0.329 e. The Labute approximate surface area is 540 Å². The van der Waals surface area contributed by atoms with Gasteiger partial charge in [0.05, 0.1) is 33.6 Å². The first kappa shape index (κ1) is 53.4. The number of benzene rings is 13. The number of para-hydroxylation sites is 2. The molecule has 2 aromatic heterocycles. The van der Waals surface area contributed by atoms with Crippen molar-refractivity contribution in [2.24, 2.45) is 0 Å². The van der Waals surface area contributed by atoms with Crippen molar-refractivity contribution >= 4 is 104 Å². The van der Waals surface area contributed by atoms with Gasteiger partial charge >= 0.3 is 0 Å². The summed E-state index contributed by atoms with van der Waals surface area (Å²) in [5.74, 6) is 0.898. The summed E-state index contributed by atoms with van der Waals surface area (Å²) in [6.07, 6.45) is 22.2. The van der Waals surface area contributed by atoms with Gasteiger partial charge in [0.1, 0.15) is 0 Å². The highest BCUT2D eigenvalue weighted by atomic mass is 15.3. The van der Waals surface area contributed by atoms with Gasteiger partial charge in [0, 0.05) is 39.4 Å². The zero-order valence-electron chi connectivity index (χ0n) is 51.5. The first-order chi connectivity index (χ1) is 46.0. The van der Waals surface area contributed by atoms with Crippen LogP contribution in [-0.2, 0) is 6.42 Å². The van der Waals surface area contributed by atoms with E-state index < -0.39 is 5.54 Å². The number of rotatable bonds is 8. The molecule has 93 heavy (non-hydrogen) atoms. The Hall–Kier alpha value is -11.5. The molecule has 0 fully saturated rings. The molecule has 13 aromatic carbocycles. The summed E-state index contributed by atoms with van der Waals surface area (Å²) in [5, 5.41) is 15.4. The monoisotopic (exact) mass is 1190 g/mol. The number of aryl methyl sites for hydroxylation is 1. The molecule has 4 aliphatic rings. The number of aromatic nitrogens is 3. The van der Waals surface area contributed by atoms with E-state index in [1.165, 1.54) is 115 Å². The molecule has 19 rings (SSSR count). The summed E-state index contributed by atoms with van der Waals surface area (Å²) in [6.45, 7) is 2.44. The molecular weight excluding hydrogens is 1130 g/mol. The van der Waals surface area contributed by atoms with Crippen LogP contribution in [0.25, 0.3) is 132 Å². The van der Waals surface area contributed by atoms with Gasteiger partial charge in [-0.05, 0) is 184 Å². The minimum atomic E-state index is -0.508. The van der Waals surface area contributed by atoms with Crippen molar-refractivity contribution in [3.05, 3.63) is 337 Å². The van der Waals surface area contributed by atoms with E-state index in [2.05, 4.69) is 326 Å². The van der Waals surface area contributed by atoms with Crippen LogP contribution in [0.1, 0.15) is 65.0 Å². The minimum absolute atomic E-state index is 0.0367. The second-order valence-electron chi connectivity index (χ2n) is 26.0. The molecule has 438 valence electrons. The quantitative estimate of drug-likeness (QED) is 0.142. The van der Waals surface area contributed by atoms with Gasteiger partial charge in [-0.2, -0.15) is 0 Å². The lowest BCUT2D eigenvalue weighted by molar-refractivity contribution is 0.544. The maximum Gasteiger partial charge on any atom is 0.235 e. The van der Waals surface area contributed by atoms with Crippen molar-refractivity contribution in [2.75, 3.05) is 4.90 Å². The normalized spacial score (nSPS) is 17.4. The molecule has 15 aromatic rings. The van der Waals surface area contributed by atoms with Crippen molar-refractivity contribution in [1.29, 1.82) is 0 Å². The fourth-order valence-electron chi connectivity index (χ4n) is 16.4. The van der Waals surface area contributed by atoms with E-state index >= 15 is 0 Å². The number of fused-ring (bicyclic) bond motifs is 19. The van der Waals surface area contributed by atoms with Gasteiger partial charge in [-0.15, -0.1) is 0 Å². The van der Waals surface area contributed by atoms with E-state index in [0.29, 0.717) is 5.95 Å². The zero-order valence-corrected chi connectivity index (χ0v) is 51.5. The maximum atomic E-state index is 5.50. The number of hydrogen-bond acceptors (Lipinski definition) is 3. The number of hydrogen-bond donors (Lipinski definition) is 0. The predicted molar refractivity (Wildman–Crippen MR) is 392 cm³/mol. The first-order valence-electron chi connectivity index (χ1n) is 32.8. The Morgan fingerprint density at radius 2 is 1.02 bits per heavy atom. The molecule has 0 saturated carbocycles. The molecule has 0 N–H and O–H groups in total. The van der Waals surface area contributed by atoms with Crippen molar-refractivity contribution < 1.29 is 0 Å². The Kier molecular flexibility index (Phi) is 12.1. The van der Waals surface area contributed by atoms with E-state index in [0.717, 1.165) is 69.3 Å². The summed E-state index contributed by atoms with van der Waals surface area (Å²) < 4.78 is 2.34. The molecule has 1 aliphatic heterocycles. The average Bonchev–Trinajstić information content (AvgIpc) is 1.54. The molecule has 0 amide bonds. The van der Waals surface area contributed by atoms with E-state index in [-0.39, 0.29) is 11.8 Å². The zero-order chi connectivity index (χ0) is 61.3. The minimum Gasteiger partial charge on any atom is -0.329 e. The molecule has 3 unspecified atom stereocenters. The van der Waals surface area contributed by atoms with Crippen molar-refractivity contribution in [2.45, 2.75) is 43.6 Å². The van der Waals surface area contributed by atoms with Crippen LogP contribution in [0.15, 0.2) is 303 Å². The Morgan fingerprint density at radius 3 is 1.80 bits per heavy atom. The third-order valence-electron chi connectivity index (χ3n) is 20.8. The van der Waals surface area contributed by atoms with Gasteiger partial charge in [0.2, 0.25) is 5.95 Å².